The number of nitrogens with zero attached hydrogens (tertiary/aromatic N) is 1. The largest absolute Gasteiger partial charge is 0.395 e. The first-order chi connectivity index (χ1) is 10.1. The van der Waals surface area contributed by atoms with Crippen LogP contribution in [0.2, 0.25) is 0 Å². The smallest absolute Gasteiger partial charge is 0.240 e. The van der Waals surface area contributed by atoms with E-state index >= 15 is 0 Å². The Kier molecular flexibility index (Phi) is 5.11. The molecule has 0 aliphatic carbocycles. The summed E-state index contributed by atoms with van der Waals surface area (Å²) >= 11 is 0. The van der Waals surface area contributed by atoms with Gasteiger partial charge in [-0.1, -0.05) is 11.8 Å². The standard InChI is InChI=1S/C14H15N3O3S/c18-8-2-1-3-12-4-6-14(7-5-12)21(19,20)17-10-13-9-15-11-16-13/h4-7,9,11,17-18H,2,8,10H2,(H,15,16). The molecule has 0 atom stereocenters. The fourth-order valence-electron chi connectivity index (χ4n) is 1.58. The van der Waals surface area contributed by atoms with Crippen LogP contribution >= 0.6 is 0 Å². The van der Waals surface area contributed by atoms with Crippen molar-refractivity contribution in [3.05, 3.63) is 48.0 Å². The second kappa shape index (κ2) is 7.04. The summed E-state index contributed by atoms with van der Waals surface area (Å²) in [6.07, 6.45) is 3.44. The Bertz CT molecular complexity index is 726. The number of aliphatic hydroxyl groups excluding tert-OH is 1. The number of hydrogen-bond donors (Lipinski definition) is 3. The molecule has 0 unspecified atom stereocenters. The van der Waals surface area contributed by atoms with Crippen molar-refractivity contribution in [3.63, 3.8) is 0 Å². The molecule has 0 spiro atoms. The molecule has 0 radical (unpaired) electrons. The number of H-pyrrole nitrogens is 1. The van der Waals surface area contributed by atoms with E-state index in [0.29, 0.717) is 17.7 Å². The van der Waals surface area contributed by atoms with E-state index in [-0.39, 0.29) is 18.0 Å². The van der Waals surface area contributed by atoms with Crippen LogP contribution in [0.3, 0.4) is 0 Å². The van der Waals surface area contributed by atoms with Crippen LogP contribution in [0.25, 0.3) is 0 Å². The van der Waals surface area contributed by atoms with Crippen molar-refractivity contribution in [2.24, 2.45) is 0 Å². The van der Waals surface area contributed by atoms with Gasteiger partial charge in [-0.05, 0) is 24.3 Å². The number of aromatic nitrogens is 2. The third-order valence-corrected chi connectivity index (χ3v) is 4.06. The first-order valence-electron chi connectivity index (χ1n) is 6.28. The van der Waals surface area contributed by atoms with Crippen LogP contribution in [0.5, 0.6) is 0 Å². The number of benzene rings is 1. The predicted octanol–water partition coefficient (Wildman–Crippen LogP) is 0.622. The van der Waals surface area contributed by atoms with Crippen LogP contribution in [0, 0.1) is 11.8 Å². The summed E-state index contributed by atoms with van der Waals surface area (Å²) in [4.78, 5) is 6.82. The fourth-order valence-corrected chi connectivity index (χ4v) is 2.58. The lowest BCUT2D eigenvalue weighted by molar-refractivity contribution is 0.305. The zero-order chi connectivity index (χ0) is 15.1. The number of rotatable bonds is 5. The van der Waals surface area contributed by atoms with Crippen LogP contribution in [0.4, 0.5) is 0 Å². The first kappa shape index (κ1) is 15.3. The molecule has 3 N–H and O–H groups in total. The Morgan fingerprint density at radius 3 is 2.67 bits per heavy atom. The summed E-state index contributed by atoms with van der Waals surface area (Å²) in [5.41, 5.74) is 1.39. The highest BCUT2D eigenvalue weighted by Gasteiger charge is 2.13. The van der Waals surface area contributed by atoms with Gasteiger partial charge in [-0.25, -0.2) is 18.1 Å². The maximum atomic E-state index is 12.1. The van der Waals surface area contributed by atoms with E-state index in [4.69, 9.17) is 5.11 Å². The third kappa shape index (κ3) is 4.43. The fraction of sp³-hybridized carbons (Fsp3) is 0.214. The Morgan fingerprint density at radius 1 is 1.29 bits per heavy atom. The van der Waals surface area contributed by atoms with Crippen LogP contribution < -0.4 is 4.72 Å². The molecule has 2 rings (SSSR count). The molecule has 1 aromatic carbocycles. The Labute approximate surface area is 123 Å². The predicted molar refractivity (Wildman–Crippen MR) is 77.6 cm³/mol. The molecule has 0 saturated heterocycles. The molecule has 21 heavy (non-hydrogen) atoms. The summed E-state index contributed by atoms with van der Waals surface area (Å²) in [7, 11) is -3.56. The SMILES string of the molecule is O=S(=O)(NCc1cnc[nH]1)c1ccc(C#CCCO)cc1. The normalized spacial score (nSPS) is 10.9. The van der Waals surface area contributed by atoms with E-state index in [2.05, 4.69) is 26.5 Å². The van der Waals surface area contributed by atoms with E-state index < -0.39 is 10.0 Å². The van der Waals surface area contributed by atoms with Gasteiger partial charge in [-0.3, -0.25) is 0 Å². The molecule has 0 fully saturated rings. The Morgan fingerprint density at radius 2 is 2.05 bits per heavy atom. The lowest BCUT2D eigenvalue weighted by Crippen LogP contribution is -2.23. The van der Waals surface area contributed by atoms with E-state index in [9.17, 15) is 8.42 Å². The maximum Gasteiger partial charge on any atom is 0.240 e. The minimum atomic E-state index is -3.56. The highest BCUT2D eigenvalue weighted by Crippen LogP contribution is 2.10. The summed E-state index contributed by atoms with van der Waals surface area (Å²) in [6, 6.07) is 6.26. The van der Waals surface area contributed by atoms with Crippen molar-refractivity contribution in [1.82, 2.24) is 14.7 Å². The first-order valence-corrected chi connectivity index (χ1v) is 7.77. The molecular weight excluding hydrogens is 290 g/mol. The van der Waals surface area contributed by atoms with Crippen LogP contribution in [-0.2, 0) is 16.6 Å². The molecule has 0 bridgehead atoms. The van der Waals surface area contributed by atoms with E-state index in [1.165, 1.54) is 18.5 Å². The van der Waals surface area contributed by atoms with Gasteiger partial charge in [0.05, 0.1) is 24.4 Å². The third-order valence-electron chi connectivity index (χ3n) is 2.64. The average molecular weight is 305 g/mol. The lowest BCUT2D eigenvalue weighted by atomic mass is 10.2. The number of sulfonamides is 1. The van der Waals surface area contributed by atoms with Crippen molar-refractivity contribution >= 4 is 10.0 Å². The zero-order valence-corrected chi connectivity index (χ0v) is 12.0. The van der Waals surface area contributed by atoms with Crippen molar-refractivity contribution in [2.75, 3.05) is 6.61 Å². The minimum Gasteiger partial charge on any atom is -0.395 e. The van der Waals surface area contributed by atoms with Gasteiger partial charge in [0.2, 0.25) is 10.0 Å². The van der Waals surface area contributed by atoms with Crippen molar-refractivity contribution in [2.45, 2.75) is 17.9 Å². The van der Waals surface area contributed by atoms with Gasteiger partial charge in [-0.2, -0.15) is 0 Å². The number of nitrogens with one attached hydrogen (secondary N) is 2. The highest BCUT2D eigenvalue weighted by molar-refractivity contribution is 7.89. The lowest BCUT2D eigenvalue weighted by Gasteiger charge is -2.05. The number of aliphatic hydroxyl groups is 1. The van der Waals surface area contributed by atoms with E-state index in [1.807, 2.05) is 0 Å². The number of imidazole rings is 1. The highest BCUT2D eigenvalue weighted by atomic mass is 32.2. The molecule has 110 valence electrons. The van der Waals surface area contributed by atoms with Crippen molar-refractivity contribution < 1.29 is 13.5 Å². The van der Waals surface area contributed by atoms with Crippen molar-refractivity contribution in [1.29, 1.82) is 0 Å². The molecule has 1 heterocycles. The summed E-state index contributed by atoms with van der Waals surface area (Å²) in [5, 5.41) is 8.64. The van der Waals surface area contributed by atoms with E-state index in [1.54, 1.807) is 18.3 Å². The van der Waals surface area contributed by atoms with Gasteiger partial charge in [0.15, 0.2) is 0 Å². The second-order valence-electron chi connectivity index (χ2n) is 4.20. The van der Waals surface area contributed by atoms with Crippen LogP contribution in [0.1, 0.15) is 17.7 Å². The minimum absolute atomic E-state index is 0.0109. The molecule has 6 nitrogen and oxygen atoms in total. The monoisotopic (exact) mass is 305 g/mol. The second-order valence-corrected chi connectivity index (χ2v) is 5.97. The molecule has 7 heteroatoms. The zero-order valence-electron chi connectivity index (χ0n) is 11.2. The van der Waals surface area contributed by atoms with Gasteiger partial charge in [-0.15, -0.1) is 0 Å². The maximum absolute atomic E-state index is 12.1. The quantitative estimate of drug-likeness (QED) is 0.706. The summed E-state index contributed by atoms with van der Waals surface area (Å²) in [6.45, 7) is 0.164. The van der Waals surface area contributed by atoms with Gasteiger partial charge in [0, 0.05) is 23.9 Å². The molecule has 1 aromatic heterocycles. The molecule has 0 aliphatic heterocycles. The van der Waals surface area contributed by atoms with Crippen LogP contribution in [-0.4, -0.2) is 30.1 Å². The Hall–Kier alpha value is -2.14. The summed E-state index contributed by atoms with van der Waals surface area (Å²) < 4.78 is 26.7. The average Bonchev–Trinajstić information content (AvgIpc) is 3.00. The van der Waals surface area contributed by atoms with Gasteiger partial charge in [0.25, 0.3) is 0 Å². The molecular formula is C14H15N3O3S. The molecule has 0 amide bonds. The Balaban J connectivity index is 2.05. The number of hydrogen-bond acceptors (Lipinski definition) is 4. The summed E-state index contributed by atoms with van der Waals surface area (Å²) in [5.74, 6) is 5.62. The van der Waals surface area contributed by atoms with Gasteiger partial charge >= 0.3 is 0 Å². The molecule has 2 aromatic rings. The van der Waals surface area contributed by atoms with Gasteiger partial charge < -0.3 is 10.1 Å². The number of aromatic amines is 1. The topological polar surface area (TPSA) is 95.1 Å². The molecule has 0 saturated carbocycles. The molecule has 0 aliphatic rings. The van der Waals surface area contributed by atoms with Crippen molar-refractivity contribution in [3.8, 4) is 11.8 Å². The van der Waals surface area contributed by atoms with Crippen LogP contribution in [0.15, 0.2) is 41.7 Å². The van der Waals surface area contributed by atoms with Gasteiger partial charge in [0.1, 0.15) is 0 Å². The van der Waals surface area contributed by atoms with E-state index in [0.717, 1.165) is 0 Å².